The van der Waals surface area contributed by atoms with Gasteiger partial charge < -0.3 is 5.11 Å². The number of benzene rings is 1. The van der Waals surface area contributed by atoms with Gasteiger partial charge in [-0.25, -0.2) is 0 Å². The summed E-state index contributed by atoms with van der Waals surface area (Å²) < 4.78 is 0. The molecule has 0 aliphatic heterocycles. The second kappa shape index (κ2) is 5.50. The molecule has 0 saturated carbocycles. The Hall–Kier alpha value is -1.09. The van der Waals surface area contributed by atoms with E-state index in [2.05, 4.69) is 4.98 Å². The highest BCUT2D eigenvalue weighted by molar-refractivity contribution is 6.31. The smallest absolute Gasteiger partial charge is 0.0846 e. The summed E-state index contributed by atoms with van der Waals surface area (Å²) in [5.74, 6) is 0. The van der Waals surface area contributed by atoms with Gasteiger partial charge in [0.05, 0.1) is 11.1 Å². The van der Waals surface area contributed by atoms with Crippen LogP contribution in [0.25, 0.3) is 0 Å². The number of nitrogens with zero attached hydrogens (tertiary/aromatic N) is 1. The van der Waals surface area contributed by atoms with Crippen LogP contribution in [-0.4, -0.2) is 10.1 Å². The Morgan fingerprint density at radius 1 is 1.12 bits per heavy atom. The van der Waals surface area contributed by atoms with E-state index >= 15 is 0 Å². The van der Waals surface area contributed by atoms with Crippen molar-refractivity contribution >= 4 is 23.2 Å². The zero-order valence-electron chi connectivity index (χ0n) is 8.98. The van der Waals surface area contributed by atoms with Gasteiger partial charge in [-0.05, 0) is 17.7 Å². The molecule has 1 unspecified atom stereocenters. The van der Waals surface area contributed by atoms with Crippen molar-refractivity contribution in [3.63, 3.8) is 0 Å². The third kappa shape index (κ3) is 2.97. The molecule has 1 N–H and O–H groups in total. The highest BCUT2D eigenvalue weighted by Crippen LogP contribution is 2.27. The Bertz CT molecular complexity index is 516. The minimum atomic E-state index is -0.676. The first-order chi connectivity index (χ1) is 8.18. The fraction of sp³-hybridized carbons (Fsp3) is 0.154. The van der Waals surface area contributed by atoms with E-state index in [1.165, 1.54) is 6.20 Å². The molecule has 2 nitrogen and oxygen atoms in total. The number of aliphatic hydroxyl groups is 1. The normalized spacial score (nSPS) is 12.4. The first-order valence-corrected chi connectivity index (χ1v) is 5.95. The molecule has 1 aromatic carbocycles. The molecular formula is C13H11Cl2NO. The fourth-order valence-electron chi connectivity index (χ4n) is 1.64. The molecule has 88 valence electrons. The molecule has 0 radical (unpaired) electrons. The van der Waals surface area contributed by atoms with Crippen LogP contribution in [0.3, 0.4) is 0 Å². The van der Waals surface area contributed by atoms with E-state index in [9.17, 15) is 5.11 Å². The maximum atomic E-state index is 10.1. The van der Waals surface area contributed by atoms with Crippen LogP contribution in [-0.2, 0) is 6.42 Å². The van der Waals surface area contributed by atoms with Crippen molar-refractivity contribution in [3.8, 4) is 0 Å². The lowest BCUT2D eigenvalue weighted by Crippen LogP contribution is -2.03. The molecule has 0 saturated heterocycles. The molecule has 0 spiro atoms. The average Bonchev–Trinajstić information content (AvgIpc) is 2.32. The largest absolute Gasteiger partial charge is 0.388 e. The summed E-state index contributed by atoms with van der Waals surface area (Å²) in [6.07, 6.45) is 2.89. The highest BCUT2D eigenvalue weighted by Gasteiger charge is 2.13. The first kappa shape index (κ1) is 12.4. The Morgan fingerprint density at radius 2 is 1.88 bits per heavy atom. The van der Waals surface area contributed by atoms with E-state index in [1.54, 1.807) is 18.3 Å². The Balaban J connectivity index is 2.20. The highest BCUT2D eigenvalue weighted by atomic mass is 35.5. The van der Waals surface area contributed by atoms with E-state index < -0.39 is 6.10 Å². The topological polar surface area (TPSA) is 33.1 Å². The van der Waals surface area contributed by atoms with E-state index in [0.717, 1.165) is 5.56 Å². The number of aromatic nitrogens is 1. The van der Waals surface area contributed by atoms with Gasteiger partial charge in [-0.2, -0.15) is 0 Å². The lowest BCUT2D eigenvalue weighted by molar-refractivity contribution is 0.178. The summed E-state index contributed by atoms with van der Waals surface area (Å²) in [6.45, 7) is 0. The Kier molecular flexibility index (Phi) is 4.00. The summed E-state index contributed by atoms with van der Waals surface area (Å²) in [4.78, 5) is 3.88. The second-order valence-corrected chi connectivity index (χ2v) is 4.52. The monoisotopic (exact) mass is 267 g/mol. The lowest BCUT2D eigenvalue weighted by atomic mass is 10.0. The van der Waals surface area contributed by atoms with Gasteiger partial charge >= 0.3 is 0 Å². The van der Waals surface area contributed by atoms with Crippen molar-refractivity contribution in [2.75, 3.05) is 0 Å². The van der Waals surface area contributed by atoms with Crippen molar-refractivity contribution in [2.24, 2.45) is 0 Å². The maximum Gasteiger partial charge on any atom is 0.0846 e. The summed E-state index contributed by atoms with van der Waals surface area (Å²) in [7, 11) is 0. The van der Waals surface area contributed by atoms with E-state index in [0.29, 0.717) is 22.0 Å². The molecule has 0 bridgehead atoms. The lowest BCUT2D eigenvalue weighted by Gasteiger charge is -2.13. The van der Waals surface area contributed by atoms with Crippen LogP contribution in [0, 0.1) is 0 Å². The number of halogens is 2. The molecule has 0 aliphatic rings. The number of aliphatic hydroxyl groups excluding tert-OH is 1. The van der Waals surface area contributed by atoms with Crippen molar-refractivity contribution in [3.05, 3.63) is 63.9 Å². The molecule has 17 heavy (non-hydrogen) atoms. The minimum Gasteiger partial charge on any atom is -0.388 e. The Labute approximate surface area is 110 Å². The molecule has 2 rings (SSSR count). The quantitative estimate of drug-likeness (QED) is 0.921. The maximum absolute atomic E-state index is 10.1. The zero-order chi connectivity index (χ0) is 12.3. The molecule has 0 amide bonds. The standard InChI is InChI=1S/C13H11Cl2NO/c14-11-4-2-1-3-9(11)7-13(17)10-5-6-16-8-12(10)15/h1-6,8,13,17H,7H2. The van der Waals surface area contributed by atoms with Crippen LogP contribution in [0.2, 0.25) is 10.0 Å². The van der Waals surface area contributed by atoms with E-state index in [4.69, 9.17) is 23.2 Å². The number of rotatable bonds is 3. The van der Waals surface area contributed by atoms with Crippen LogP contribution in [0.5, 0.6) is 0 Å². The summed E-state index contributed by atoms with van der Waals surface area (Å²) in [5, 5.41) is 11.2. The van der Waals surface area contributed by atoms with Crippen LogP contribution in [0.1, 0.15) is 17.2 Å². The number of hydrogen-bond donors (Lipinski definition) is 1. The van der Waals surface area contributed by atoms with Crippen molar-refractivity contribution in [1.29, 1.82) is 0 Å². The van der Waals surface area contributed by atoms with Crippen molar-refractivity contribution in [2.45, 2.75) is 12.5 Å². The van der Waals surface area contributed by atoms with Crippen molar-refractivity contribution in [1.82, 2.24) is 4.98 Å². The molecule has 1 atom stereocenters. The van der Waals surface area contributed by atoms with Gasteiger partial charge in [-0.15, -0.1) is 0 Å². The van der Waals surface area contributed by atoms with Gasteiger partial charge in [0.1, 0.15) is 0 Å². The molecule has 4 heteroatoms. The molecular weight excluding hydrogens is 257 g/mol. The van der Waals surface area contributed by atoms with Crippen molar-refractivity contribution < 1.29 is 5.11 Å². The van der Waals surface area contributed by atoms with Gasteiger partial charge in [0, 0.05) is 29.4 Å². The summed E-state index contributed by atoms with van der Waals surface area (Å²) in [6, 6.07) is 9.15. The van der Waals surface area contributed by atoms with Gasteiger partial charge in [-0.3, -0.25) is 4.98 Å². The second-order valence-electron chi connectivity index (χ2n) is 3.71. The SMILES string of the molecule is OC(Cc1ccccc1Cl)c1ccncc1Cl. The van der Waals surface area contributed by atoms with Gasteiger partial charge in [0.25, 0.3) is 0 Å². The zero-order valence-corrected chi connectivity index (χ0v) is 10.5. The van der Waals surface area contributed by atoms with E-state index in [1.807, 2.05) is 18.2 Å². The number of hydrogen-bond acceptors (Lipinski definition) is 2. The summed E-state index contributed by atoms with van der Waals surface area (Å²) >= 11 is 12.0. The molecule has 0 aliphatic carbocycles. The molecule has 2 aromatic rings. The van der Waals surface area contributed by atoms with Crippen LogP contribution >= 0.6 is 23.2 Å². The fourth-order valence-corrected chi connectivity index (χ4v) is 2.10. The number of pyridine rings is 1. The molecule has 1 heterocycles. The Morgan fingerprint density at radius 3 is 2.59 bits per heavy atom. The van der Waals surface area contributed by atoms with Gasteiger partial charge in [-0.1, -0.05) is 41.4 Å². The molecule has 0 fully saturated rings. The first-order valence-electron chi connectivity index (χ1n) is 5.19. The van der Waals surface area contributed by atoms with E-state index in [-0.39, 0.29) is 0 Å². The third-order valence-corrected chi connectivity index (χ3v) is 3.22. The average molecular weight is 268 g/mol. The predicted molar refractivity (Wildman–Crippen MR) is 69.4 cm³/mol. The van der Waals surface area contributed by atoms with Gasteiger partial charge in [0.2, 0.25) is 0 Å². The summed E-state index contributed by atoms with van der Waals surface area (Å²) in [5.41, 5.74) is 1.57. The van der Waals surface area contributed by atoms with Crippen LogP contribution < -0.4 is 0 Å². The minimum absolute atomic E-state index is 0.434. The molecule has 1 aromatic heterocycles. The van der Waals surface area contributed by atoms with Gasteiger partial charge in [0.15, 0.2) is 0 Å². The van der Waals surface area contributed by atoms with Crippen LogP contribution in [0.4, 0.5) is 0 Å². The van der Waals surface area contributed by atoms with Crippen LogP contribution in [0.15, 0.2) is 42.7 Å². The predicted octanol–water partition coefficient (Wildman–Crippen LogP) is 3.66. The third-order valence-electron chi connectivity index (χ3n) is 2.53.